The molecule has 1 aromatic heterocycles. The van der Waals surface area contributed by atoms with Gasteiger partial charge in [0.25, 0.3) is 11.4 Å². The molecule has 2 fully saturated rings. The fraction of sp³-hybridized carbons (Fsp3) is 0.542. The Morgan fingerprint density at radius 2 is 1.92 bits per heavy atom. The van der Waals surface area contributed by atoms with Crippen LogP contribution >= 0.6 is 7.75 Å². The van der Waals surface area contributed by atoms with Crippen molar-refractivity contribution in [2.75, 3.05) is 6.61 Å². The fourth-order valence-corrected chi connectivity index (χ4v) is 5.85. The van der Waals surface area contributed by atoms with E-state index >= 15 is 4.39 Å². The number of benzene rings is 1. The average molecular weight is 571 g/mol. The molecule has 4 N–H and O–H groups in total. The fourth-order valence-electron chi connectivity index (χ4n) is 4.34. The van der Waals surface area contributed by atoms with E-state index in [-0.39, 0.29) is 11.9 Å². The van der Waals surface area contributed by atoms with Crippen LogP contribution in [0.25, 0.3) is 0 Å². The van der Waals surface area contributed by atoms with Gasteiger partial charge in [0.15, 0.2) is 6.23 Å². The standard InChI is InChI=1S/C24H31FN3O10P/c1-15(22(32)36-16-8-4-2-5-9-16)27-39(34,38-17-10-6-3-7-11-17)35-14-24(25)20(31)19(30)21(37-24)28-13-12-18(29)26-23(28)33/h3,6-7,10-13,15-16,19-21,30-31H,2,4-5,8-9,14H2,1H3,(H,27,34)(H,26,29,33)/t15?,19-,20+,21-,24-,39?/m1/s1. The lowest BCUT2D eigenvalue weighted by Crippen LogP contribution is -2.44. The number of hydrogen-bond donors (Lipinski definition) is 4. The number of esters is 1. The van der Waals surface area contributed by atoms with Gasteiger partial charge in [-0.3, -0.25) is 23.7 Å². The first-order chi connectivity index (χ1) is 18.5. The quantitative estimate of drug-likeness (QED) is 0.240. The summed E-state index contributed by atoms with van der Waals surface area (Å²) in [5.74, 6) is -3.80. The van der Waals surface area contributed by atoms with Gasteiger partial charge in [0.1, 0.15) is 36.7 Å². The highest BCUT2D eigenvalue weighted by molar-refractivity contribution is 7.52. The van der Waals surface area contributed by atoms with Crippen molar-refractivity contribution < 1.29 is 42.5 Å². The van der Waals surface area contributed by atoms with Gasteiger partial charge in [-0.2, -0.15) is 5.09 Å². The highest BCUT2D eigenvalue weighted by Gasteiger charge is 2.57. The zero-order valence-corrected chi connectivity index (χ0v) is 22.0. The summed E-state index contributed by atoms with van der Waals surface area (Å²) in [6, 6.07) is 7.51. The molecular formula is C24H31FN3O10P. The van der Waals surface area contributed by atoms with Crippen molar-refractivity contribution in [3.63, 3.8) is 0 Å². The molecule has 1 aliphatic carbocycles. The van der Waals surface area contributed by atoms with Crippen molar-refractivity contribution in [1.82, 2.24) is 14.6 Å². The number of halogens is 1. The molecule has 0 radical (unpaired) electrons. The van der Waals surface area contributed by atoms with Crippen molar-refractivity contribution >= 4 is 13.7 Å². The first-order valence-corrected chi connectivity index (χ1v) is 14.1. The summed E-state index contributed by atoms with van der Waals surface area (Å²) in [5.41, 5.74) is -1.76. The molecular weight excluding hydrogens is 540 g/mol. The number of hydrogen-bond acceptors (Lipinski definition) is 10. The molecule has 1 saturated carbocycles. The van der Waals surface area contributed by atoms with Gasteiger partial charge in [-0.15, -0.1) is 0 Å². The second-order valence-corrected chi connectivity index (χ2v) is 11.2. The monoisotopic (exact) mass is 571 g/mol. The molecule has 2 aromatic rings. The number of carbonyl (C=O) groups is 1. The first kappa shape index (κ1) is 29.1. The van der Waals surface area contributed by atoms with Crippen molar-refractivity contribution in [2.45, 2.75) is 75.5 Å². The maximum absolute atomic E-state index is 15.7. The number of aliphatic hydroxyl groups excluding tert-OH is 2. The molecule has 13 nitrogen and oxygen atoms in total. The second-order valence-electron chi connectivity index (χ2n) is 9.47. The van der Waals surface area contributed by atoms with Crippen LogP contribution in [-0.4, -0.2) is 62.5 Å². The van der Waals surface area contributed by atoms with Crippen LogP contribution < -0.4 is 20.9 Å². The van der Waals surface area contributed by atoms with E-state index in [0.717, 1.165) is 31.5 Å². The van der Waals surface area contributed by atoms with Gasteiger partial charge < -0.3 is 24.2 Å². The Morgan fingerprint density at radius 1 is 1.23 bits per heavy atom. The minimum absolute atomic E-state index is 0.0691. The second kappa shape index (κ2) is 12.1. The molecule has 214 valence electrons. The summed E-state index contributed by atoms with van der Waals surface area (Å²) < 4.78 is 51.5. The largest absolute Gasteiger partial charge is 0.461 e. The summed E-state index contributed by atoms with van der Waals surface area (Å²) in [4.78, 5) is 38.0. The Balaban J connectivity index is 1.49. The van der Waals surface area contributed by atoms with Crippen LogP contribution in [0.1, 0.15) is 45.3 Å². The van der Waals surface area contributed by atoms with Gasteiger partial charge in [0.2, 0.25) is 0 Å². The van der Waals surface area contributed by atoms with Gasteiger partial charge in [0, 0.05) is 12.3 Å². The highest BCUT2D eigenvalue weighted by atomic mass is 31.2. The van der Waals surface area contributed by atoms with E-state index in [0.29, 0.717) is 17.4 Å². The lowest BCUT2D eigenvalue weighted by Gasteiger charge is -2.28. The minimum atomic E-state index is -4.53. The third-order valence-corrected chi connectivity index (χ3v) is 8.06. The Kier molecular flexibility index (Phi) is 9.04. The van der Waals surface area contributed by atoms with Crippen LogP contribution in [0.5, 0.6) is 5.75 Å². The zero-order chi connectivity index (χ0) is 28.2. The molecule has 1 aromatic carbocycles. The maximum Gasteiger partial charge on any atom is 0.459 e. The summed E-state index contributed by atoms with van der Waals surface area (Å²) in [6.45, 7) is 0.144. The number of ether oxygens (including phenoxy) is 2. The number of nitrogens with zero attached hydrogens (tertiary/aromatic N) is 1. The number of rotatable bonds is 10. The molecule has 0 bridgehead atoms. The van der Waals surface area contributed by atoms with E-state index in [1.807, 2.05) is 4.98 Å². The number of carbonyl (C=O) groups excluding carboxylic acids is 1. The van der Waals surface area contributed by atoms with Crippen LogP contribution in [0.15, 0.2) is 52.2 Å². The lowest BCUT2D eigenvalue weighted by atomic mass is 9.98. The van der Waals surface area contributed by atoms with Crippen LogP contribution in [0.2, 0.25) is 0 Å². The van der Waals surface area contributed by atoms with Crippen molar-refractivity contribution in [2.24, 2.45) is 0 Å². The Labute approximate surface area is 222 Å². The normalized spacial score (nSPS) is 27.9. The number of alkyl halides is 1. The molecule has 2 aliphatic rings. The van der Waals surface area contributed by atoms with E-state index in [1.165, 1.54) is 19.1 Å². The van der Waals surface area contributed by atoms with Crippen LogP contribution in [-0.2, 0) is 23.4 Å². The third kappa shape index (κ3) is 7.02. The molecule has 4 rings (SSSR count). The summed E-state index contributed by atoms with van der Waals surface area (Å²) >= 11 is 0. The Bertz CT molecular complexity index is 1300. The van der Waals surface area contributed by atoms with E-state index < -0.39 is 61.9 Å². The SMILES string of the molecule is CC(NP(=O)(OC[C@@]1(F)O[C@@H](n2ccc(=O)[nH]c2=O)[C@H](O)[C@@H]1O)Oc1ccccc1)C(=O)OC1CCCCC1. The molecule has 1 aliphatic heterocycles. The highest BCUT2D eigenvalue weighted by Crippen LogP contribution is 2.48. The van der Waals surface area contributed by atoms with Gasteiger partial charge in [-0.1, -0.05) is 24.6 Å². The number of aliphatic hydroxyl groups is 2. The van der Waals surface area contributed by atoms with Crippen molar-refractivity contribution in [3.8, 4) is 5.75 Å². The zero-order valence-electron chi connectivity index (χ0n) is 21.1. The number of aromatic nitrogens is 2. The first-order valence-electron chi connectivity index (χ1n) is 12.5. The molecule has 0 amide bonds. The van der Waals surface area contributed by atoms with E-state index in [4.69, 9.17) is 18.5 Å². The molecule has 39 heavy (non-hydrogen) atoms. The molecule has 1 saturated heterocycles. The van der Waals surface area contributed by atoms with Gasteiger partial charge >= 0.3 is 19.4 Å². The number of nitrogens with one attached hydrogen (secondary N) is 2. The van der Waals surface area contributed by atoms with Gasteiger partial charge in [0.05, 0.1) is 0 Å². The number of para-hydroxylation sites is 1. The van der Waals surface area contributed by atoms with Gasteiger partial charge in [-0.05, 0) is 44.7 Å². The smallest absolute Gasteiger partial charge is 0.459 e. The molecule has 2 unspecified atom stereocenters. The average Bonchev–Trinajstić information content (AvgIpc) is 3.13. The third-order valence-electron chi connectivity index (χ3n) is 6.44. The molecule has 0 spiro atoms. The summed E-state index contributed by atoms with van der Waals surface area (Å²) in [5, 5.41) is 23.2. The topological polar surface area (TPSA) is 178 Å². The maximum atomic E-state index is 15.7. The number of aromatic amines is 1. The molecule has 6 atom stereocenters. The summed E-state index contributed by atoms with van der Waals surface area (Å²) in [6.07, 6.45) is -0.923. The summed E-state index contributed by atoms with van der Waals surface area (Å²) in [7, 11) is -4.53. The van der Waals surface area contributed by atoms with Crippen LogP contribution in [0.3, 0.4) is 0 Å². The van der Waals surface area contributed by atoms with Crippen molar-refractivity contribution in [1.29, 1.82) is 0 Å². The predicted octanol–water partition coefficient (Wildman–Crippen LogP) is 1.51. The Hall–Kier alpha value is -2.87. The van der Waals surface area contributed by atoms with Gasteiger partial charge in [-0.25, -0.2) is 13.8 Å². The van der Waals surface area contributed by atoms with E-state index in [1.54, 1.807) is 18.2 Å². The van der Waals surface area contributed by atoms with Crippen molar-refractivity contribution in [3.05, 3.63) is 63.4 Å². The van der Waals surface area contributed by atoms with E-state index in [9.17, 15) is 29.2 Å². The predicted molar refractivity (Wildman–Crippen MR) is 133 cm³/mol. The van der Waals surface area contributed by atoms with E-state index in [2.05, 4.69) is 5.09 Å². The van der Waals surface area contributed by atoms with Crippen LogP contribution in [0, 0.1) is 0 Å². The minimum Gasteiger partial charge on any atom is -0.461 e. The number of H-pyrrole nitrogens is 1. The van der Waals surface area contributed by atoms with Crippen LogP contribution in [0.4, 0.5) is 4.39 Å². The lowest BCUT2D eigenvalue weighted by molar-refractivity contribution is -0.204. The molecule has 2 heterocycles. The Morgan fingerprint density at radius 3 is 2.59 bits per heavy atom. The molecule has 15 heteroatoms.